The Bertz CT molecular complexity index is 771. The number of rotatable bonds is 5. The minimum absolute atomic E-state index is 0.0822. The van der Waals surface area contributed by atoms with Crippen molar-refractivity contribution in [3.05, 3.63) is 59.7 Å². The standard InChI is InChI=1S/C20H22N2O3S/c1-24-17-11-16(12-18(13-17)25-2)19(23)22-9-6-10-26-20(22)21-14-15-7-4-3-5-8-15/h3-5,7-8,11-13H,6,9-10,14H2,1-2H3. The van der Waals surface area contributed by atoms with Crippen LogP contribution in [-0.4, -0.2) is 42.5 Å². The molecule has 0 N–H and O–H groups in total. The normalized spacial score (nSPS) is 15.8. The number of thioether (sulfide) groups is 1. The number of nitrogens with zero attached hydrogens (tertiary/aromatic N) is 2. The smallest absolute Gasteiger partial charge is 0.260 e. The van der Waals surface area contributed by atoms with Crippen molar-refractivity contribution < 1.29 is 14.3 Å². The fraction of sp³-hybridized carbons (Fsp3) is 0.300. The van der Waals surface area contributed by atoms with Gasteiger partial charge in [-0.25, -0.2) is 0 Å². The van der Waals surface area contributed by atoms with Crippen molar-refractivity contribution in [2.45, 2.75) is 13.0 Å². The summed E-state index contributed by atoms with van der Waals surface area (Å²) in [5.41, 5.74) is 1.66. The van der Waals surface area contributed by atoms with Gasteiger partial charge in [0.2, 0.25) is 0 Å². The second kappa shape index (κ2) is 8.76. The molecule has 0 radical (unpaired) electrons. The van der Waals surface area contributed by atoms with Crippen LogP contribution in [0.3, 0.4) is 0 Å². The highest BCUT2D eigenvalue weighted by Crippen LogP contribution is 2.26. The van der Waals surface area contributed by atoms with Gasteiger partial charge in [0.15, 0.2) is 5.17 Å². The molecule has 5 nitrogen and oxygen atoms in total. The molecule has 6 heteroatoms. The molecule has 0 unspecified atom stereocenters. The first-order chi connectivity index (χ1) is 12.7. The highest BCUT2D eigenvalue weighted by molar-refractivity contribution is 8.13. The summed E-state index contributed by atoms with van der Waals surface area (Å²) >= 11 is 1.63. The number of methoxy groups -OCH3 is 2. The Morgan fingerprint density at radius 2 is 1.81 bits per heavy atom. The first kappa shape index (κ1) is 18.3. The largest absolute Gasteiger partial charge is 0.497 e. The molecule has 1 amide bonds. The molecule has 136 valence electrons. The number of hydrogen-bond acceptors (Lipinski definition) is 5. The topological polar surface area (TPSA) is 51.1 Å². The Kier molecular flexibility index (Phi) is 6.17. The number of hydrogen-bond donors (Lipinski definition) is 0. The summed E-state index contributed by atoms with van der Waals surface area (Å²) < 4.78 is 10.6. The summed E-state index contributed by atoms with van der Waals surface area (Å²) in [6.45, 7) is 1.23. The average Bonchev–Trinajstić information content (AvgIpc) is 2.72. The van der Waals surface area contributed by atoms with Crippen LogP contribution < -0.4 is 9.47 Å². The maximum absolute atomic E-state index is 13.1. The molecule has 0 bridgehead atoms. The van der Waals surface area contributed by atoms with Gasteiger partial charge >= 0.3 is 0 Å². The third kappa shape index (κ3) is 4.38. The molecule has 1 aliphatic rings. The molecule has 1 saturated heterocycles. The fourth-order valence-electron chi connectivity index (χ4n) is 2.71. The van der Waals surface area contributed by atoms with E-state index in [1.165, 1.54) is 0 Å². The van der Waals surface area contributed by atoms with Crippen LogP contribution in [0.25, 0.3) is 0 Å². The van der Waals surface area contributed by atoms with Crippen LogP contribution in [0, 0.1) is 0 Å². The van der Waals surface area contributed by atoms with Crippen molar-refractivity contribution in [1.82, 2.24) is 4.90 Å². The zero-order chi connectivity index (χ0) is 18.4. The number of carbonyl (C=O) groups is 1. The van der Waals surface area contributed by atoms with E-state index < -0.39 is 0 Å². The lowest BCUT2D eigenvalue weighted by Crippen LogP contribution is -2.39. The SMILES string of the molecule is COc1cc(OC)cc(C(=O)N2CCCSC2=NCc2ccccc2)c1. The van der Waals surface area contributed by atoms with Gasteiger partial charge in [-0.05, 0) is 24.1 Å². The lowest BCUT2D eigenvalue weighted by atomic mass is 10.1. The summed E-state index contributed by atoms with van der Waals surface area (Å²) in [6, 6.07) is 15.3. The summed E-state index contributed by atoms with van der Waals surface area (Å²) in [4.78, 5) is 19.5. The molecule has 0 atom stereocenters. The molecule has 2 aromatic rings. The molecule has 0 aromatic heterocycles. The number of benzene rings is 2. The van der Waals surface area contributed by atoms with Crippen LogP contribution in [0.1, 0.15) is 22.3 Å². The maximum atomic E-state index is 13.1. The van der Waals surface area contributed by atoms with Crippen molar-refractivity contribution in [2.24, 2.45) is 4.99 Å². The summed E-state index contributed by atoms with van der Waals surface area (Å²) in [5.74, 6) is 2.08. The van der Waals surface area contributed by atoms with Crippen LogP contribution in [0.4, 0.5) is 0 Å². The van der Waals surface area contributed by atoms with Crippen LogP contribution in [0.15, 0.2) is 53.5 Å². The van der Waals surface area contributed by atoms with E-state index in [0.29, 0.717) is 30.2 Å². The molecule has 1 heterocycles. The van der Waals surface area contributed by atoms with Gasteiger partial charge in [0, 0.05) is 23.9 Å². The Morgan fingerprint density at radius 3 is 2.46 bits per heavy atom. The van der Waals surface area contributed by atoms with E-state index >= 15 is 0 Å². The van der Waals surface area contributed by atoms with Crippen LogP contribution >= 0.6 is 11.8 Å². The van der Waals surface area contributed by atoms with Crippen LogP contribution in [0.5, 0.6) is 11.5 Å². The fourth-order valence-corrected chi connectivity index (χ4v) is 3.65. The zero-order valence-corrected chi connectivity index (χ0v) is 15.8. The molecule has 1 fully saturated rings. The van der Waals surface area contributed by atoms with E-state index in [9.17, 15) is 4.79 Å². The van der Waals surface area contributed by atoms with E-state index in [0.717, 1.165) is 22.9 Å². The van der Waals surface area contributed by atoms with Crippen molar-refractivity contribution in [3.63, 3.8) is 0 Å². The number of amidine groups is 1. The minimum Gasteiger partial charge on any atom is -0.497 e. The van der Waals surface area contributed by atoms with Gasteiger partial charge in [0.1, 0.15) is 11.5 Å². The van der Waals surface area contributed by atoms with Crippen molar-refractivity contribution in [3.8, 4) is 11.5 Å². The molecule has 2 aromatic carbocycles. The second-order valence-electron chi connectivity index (χ2n) is 5.84. The van der Waals surface area contributed by atoms with Gasteiger partial charge in [-0.1, -0.05) is 42.1 Å². The lowest BCUT2D eigenvalue weighted by molar-refractivity contribution is 0.0848. The third-order valence-electron chi connectivity index (χ3n) is 4.07. The predicted octanol–water partition coefficient (Wildman–Crippen LogP) is 3.84. The maximum Gasteiger partial charge on any atom is 0.260 e. The summed E-state index contributed by atoms with van der Waals surface area (Å²) in [5, 5.41) is 0.770. The van der Waals surface area contributed by atoms with Gasteiger partial charge in [0.25, 0.3) is 5.91 Å². The molecular formula is C20H22N2O3S. The number of carbonyl (C=O) groups excluding carboxylic acids is 1. The quantitative estimate of drug-likeness (QED) is 0.802. The van der Waals surface area contributed by atoms with Gasteiger partial charge in [-0.3, -0.25) is 14.7 Å². The Morgan fingerprint density at radius 1 is 1.12 bits per heavy atom. The molecular weight excluding hydrogens is 348 g/mol. The van der Waals surface area contributed by atoms with E-state index in [4.69, 9.17) is 9.47 Å². The highest BCUT2D eigenvalue weighted by atomic mass is 32.2. The molecule has 0 spiro atoms. The summed E-state index contributed by atoms with van der Waals surface area (Å²) in [7, 11) is 3.15. The van der Waals surface area contributed by atoms with Crippen LogP contribution in [0.2, 0.25) is 0 Å². The molecule has 0 saturated carbocycles. The second-order valence-corrected chi connectivity index (χ2v) is 6.91. The number of amides is 1. The van der Waals surface area contributed by atoms with E-state index in [1.54, 1.807) is 49.1 Å². The highest BCUT2D eigenvalue weighted by Gasteiger charge is 2.25. The number of aliphatic imine (C=N–C) groups is 1. The van der Waals surface area contributed by atoms with Gasteiger partial charge in [-0.15, -0.1) is 0 Å². The first-order valence-electron chi connectivity index (χ1n) is 8.47. The molecule has 0 aliphatic carbocycles. The average molecular weight is 370 g/mol. The van der Waals surface area contributed by atoms with Crippen LogP contribution in [-0.2, 0) is 6.54 Å². The third-order valence-corrected chi connectivity index (χ3v) is 5.17. The molecule has 1 aliphatic heterocycles. The monoisotopic (exact) mass is 370 g/mol. The minimum atomic E-state index is -0.0822. The van der Waals surface area contributed by atoms with Gasteiger partial charge in [0.05, 0.1) is 20.8 Å². The molecule has 3 rings (SSSR count). The van der Waals surface area contributed by atoms with Gasteiger partial charge in [-0.2, -0.15) is 0 Å². The number of ether oxygens (including phenoxy) is 2. The zero-order valence-electron chi connectivity index (χ0n) is 15.0. The van der Waals surface area contributed by atoms with E-state index in [1.807, 2.05) is 30.3 Å². The first-order valence-corrected chi connectivity index (χ1v) is 9.46. The predicted molar refractivity (Wildman–Crippen MR) is 105 cm³/mol. The van der Waals surface area contributed by atoms with E-state index in [2.05, 4.69) is 4.99 Å². The van der Waals surface area contributed by atoms with Crippen molar-refractivity contribution >= 4 is 22.8 Å². The Hall–Kier alpha value is -2.47. The summed E-state index contributed by atoms with van der Waals surface area (Å²) in [6.07, 6.45) is 0.946. The lowest BCUT2D eigenvalue weighted by Gasteiger charge is -2.28. The molecule has 26 heavy (non-hydrogen) atoms. The van der Waals surface area contributed by atoms with Gasteiger partial charge < -0.3 is 9.47 Å². The van der Waals surface area contributed by atoms with Crippen molar-refractivity contribution in [2.75, 3.05) is 26.5 Å². The Labute approximate surface area is 158 Å². The Balaban J connectivity index is 1.84. The van der Waals surface area contributed by atoms with E-state index in [-0.39, 0.29) is 5.91 Å². The van der Waals surface area contributed by atoms with Crippen molar-refractivity contribution in [1.29, 1.82) is 0 Å².